The zero-order chi connectivity index (χ0) is 45.7. The van der Waals surface area contributed by atoms with Crippen LogP contribution in [0.4, 0.5) is 15.8 Å². The Morgan fingerprint density at radius 1 is 0.785 bits per heavy atom. The summed E-state index contributed by atoms with van der Waals surface area (Å²) < 4.78 is 13.6. The van der Waals surface area contributed by atoms with Crippen molar-refractivity contribution in [3.8, 4) is 11.8 Å². The number of piperidine rings is 2. The van der Waals surface area contributed by atoms with Gasteiger partial charge in [0.05, 0.1) is 0 Å². The van der Waals surface area contributed by atoms with Crippen molar-refractivity contribution in [3.05, 3.63) is 107 Å². The Morgan fingerprint density at radius 2 is 1.46 bits per heavy atom. The number of carbonyl (C=O) groups is 5. The molecule has 342 valence electrons. The summed E-state index contributed by atoms with van der Waals surface area (Å²) in [6, 6.07) is 26.6. The van der Waals surface area contributed by atoms with Crippen LogP contribution in [0.25, 0.3) is 10.8 Å². The SMILES string of the molecule is CNC(=O)C(CCC=O)Nc1ccc(N2CCN(C(=O)CCC(=O)N3CCC(C#Cc4ccc(C(C)N5CCC(C(=O)NCc6cccc(F)c6)CC5)c5ccccc45)CC3)CC2)cc1. The van der Waals surface area contributed by atoms with Gasteiger partial charge in [-0.25, -0.2) is 4.39 Å². The maximum atomic E-state index is 13.6. The molecule has 3 aliphatic rings. The predicted octanol–water partition coefficient (Wildman–Crippen LogP) is 6.29. The second kappa shape index (κ2) is 22.6. The first kappa shape index (κ1) is 46.7. The molecule has 4 aromatic rings. The van der Waals surface area contributed by atoms with E-state index in [0.717, 1.165) is 72.9 Å². The fourth-order valence-electron chi connectivity index (χ4n) is 9.37. The van der Waals surface area contributed by atoms with Crippen LogP contribution < -0.4 is 20.9 Å². The Hall–Kier alpha value is -6.26. The lowest BCUT2D eigenvalue weighted by atomic mass is 9.91. The summed E-state index contributed by atoms with van der Waals surface area (Å²) in [5, 5.41) is 11.2. The average molecular weight is 884 g/mol. The first-order valence-corrected chi connectivity index (χ1v) is 23.2. The molecule has 2 atom stereocenters. The lowest BCUT2D eigenvalue weighted by molar-refractivity contribution is -0.137. The number of likely N-dealkylation sites (tertiary alicyclic amines) is 2. The van der Waals surface area contributed by atoms with E-state index >= 15 is 0 Å². The monoisotopic (exact) mass is 883 g/mol. The van der Waals surface area contributed by atoms with Crippen molar-refractivity contribution >= 4 is 52.1 Å². The van der Waals surface area contributed by atoms with Crippen LogP contribution in [0.2, 0.25) is 0 Å². The minimum Gasteiger partial charge on any atom is -0.374 e. The Kier molecular flexibility index (Phi) is 16.2. The summed E-state index contributed by atoms with van der Waals surface area (Å²) >= 11 is 0. The average Bonchev–Trinajstić information content (AvgIpc) is 3.35. The van der Waals surface area contributed by atoms with E-state index in [0.29, 0.717) is 58.7 Å². The maximum absolute atomic E-state index is 13.6. The number of halogens is 1. The molecule has 4 aromatic carbocycles. The van der Waals surface area contributed by atoms with Crippen LogP contribution in [0.1, 0.15) is 81.0 Å². The van der Waals surface area contributed by atoms with Crippen molar-refractivity contribution < 1.29 is 28.4 Å². The van der Waals surface area contributed by atoms with E-state index in [4.69, 9.17) is 0 Å². The molecular formula is C52H62FN7O5. The normalized spacial score (nSPS) is 17.1. The van der Waals surface area contributed by atoms with Gasteiger partial charge in [0.1, 0.15) is 18.1 Å². The lowest BCUT2D eigenvalue weighted by Gasteiger charge is -2.36. The van der Waals surface area contributed by atoms with Crippen molar-refractivity contribution in [3.63, 3.8) is 0 Å². The molecule has 3 aliphatic heterocycles. The molecule has 3 saturated heterocycles. The number of fused-ring (bicyclic) bond motifs is 1. The number of nitrogens with one attached hydrogen (secondary N) is 3. The summed E-state index contributed by atoms with van der Waals surface area (Å²) in [6.07, 6.45) is 5.07. The molecule has 0 aliphatic carbocycles. The minimum absolute atomic E-state index is 0.00530. The molecule has 0 aromatic heterocycles. The highest BCUT2D eigenvalue weighted by Gasteiger charge is 2.29. The van der Waals surface area contributed by atoms with E-state index in [9.17, 15) is 28.4 Å². The summed E-state index contributed by atoms with van der Waals surface area (Å²) in [5.74, 6) is 6.73. The maximum Gasteiger partial charge on any atom is 0.242 e. The highest BCUT2D eigenvalue weighted by atomic mass is 19.1. The zero-order valence-corrected chi connectivity index (χ0v) is 37.7. The van der Waals surface area contributed by atoms with Crippen LogP contribution in [0.5, 0.6) is 0 Å². The number of hydrogen-bond donors (Lipinski definition) is 3. The smallest absolute Gasteiger partial charge is 0.242 e. The first-order valence-electron chi connectivity index (χ1n) is 23.2. The molecule has 2 unspecified atom stereocenters. The number of hydrogen-bond acceptors (Lipinski definition) is 8. The standard InChI is InChI=1S/C52H62FN7O5/c1-37(57-28-24-41(25-29-57)51(64)55-36-39-7-5-8-42(53)35-39)45-19-14-40(46-9-3-4-10-47(45)46)13-12-38-22-26-59(27-23-38)49(62)20-21-50(63)60-32-30-58(31-33-60)44-17-15-43(16-18-44)56-48(11-6-34-61)52(65)54-2/h3-5,7-10,14-19,34-35,37-38,41,48,56H,6,11,20-33,36H2,1-2H3,(H,54,65)(H,55,64). The van der Waals surface area contributed by atoms with Gasteiger partial charge >= 0.3 is 0 Å². The number of likely N-dealkylation sites (N-methyl/N-ethyl adjacent to an activating group) is 1. The zero-order valence-electron chi connectivity index (χ0n) is 37.7. The summed E-state index contributed by atoms with van der Waals surface area (Å²) in [5.41, 5.74) is 4.82. The predicted molar refractivity (Wildman–Crippen MR) is 252 cm³/mol. The molecule has 3 heterocycles. The molecule has 7 rings (SSSR count). The number of aldehydes is 1. The van der Waals surface area contributed by atoms with Crippen molar-refractivity contribution in [2.45, 2.75) is 76.9 Å². The number of benzene rings is 4. The minimum atomic E-state index is -0.495. The fraction of sp³-hybridized carbons (Fsp3) is 0.442. The Morgan fingerprint density at radius 3 is 2.12 bits per heavy atom. The molecule has 0 bridgehead atoms. The highest BCUT2D eigenvalue weighted by Crippen LogP contribution is 2.33. The van der Waals surface area contributed by atoms with Gasteiger partial charge in [-0.2, -0.15) is 0 Å². The van der Waals surface area contributed by atoms with E-state index < -0.39 is 6.04 Å². The summed E-state index contributed by atoms with van der Waals surface area (Å²) in [7, 11) is 1.58. The van der Waals surface area contributed by atoms with Crippen LogP contribution >= 0.6 is 0 Å². The van der Waals surface area contributed by atoms with Crippen LogP contribution in [0.3, 0.4) is 0 Å². The third-order valence-corrected chi connectivity index (χ3v) is 13.4. The van der Waals surface area contributed by atoms with E-state index in [-0.39, 0.29) is 60.2 Å². The quantitative estimate of drug-likeness (QED) is 0.0938. The van der Waals surface area contributed by atoms with Crippen LogP contribution in [-0.4, -0.2) is 110 Å². The fourth-order valence-corrected chi connectivity index (χ4v) is 9.37. The van der Waals surface area contributed by atoms with Crippen molar-refractivity contribution in [2.24, 2.45) is 11.8 Å². The number of anilines is 2. The van der Waals surface area contributed by atoms with Crippen LogP contribution in [0.15, 0.2) is 84.9 Å². The second-order valence-electron chi connectivity index (χ2n) is 17.5. The van der Waals surface area contributed by atoms with Gasteiger partial charge in [0.25, 0.3) is 0 Å². The number of rotatable bonds is 15. The van der Waals surface area contributed by atoms with E-state index in [1.807, 2.05) is 40.1 Å². The molecular weight excluding hydrogens is 822 g/mol. The van der Waals surface area contributed by atoms with Crippen LogP contribution in [0, 0.1) is 29.5 Å². The van der Waals surface area contributed by atoms with Gasteiger partial charge < -0.3 is 35.4 Å². The molecule has 12 nitrogen and oxygen atoms in total. The number of amides is 4. The molecule has 65 heavy (non-hydrogen) atoms. The van der Waals surface area contributed by atoms with E-state index in [2.05, 4.69) is 80.9 Å². The van der Waals surface area contributed by atoms with Gasteiger partial charge in [-0.05, 0) is 116 Å². The van der Waals surface area contributed by atoms with Crippen LogP contribution in [-0.2, 0) is 30.5 Å². The van der Waals surface area contributed by atoms with E-state index in [1.54, 1.807) is 13.1 Å². The largest absolute Gasteiger partial charge is 0.374 e. The van der Waals surface area contributed by atoms with Gasteiger partial charge in [-0.3, -0.25) is 24.1 Å². The second-order valence-corrected chi connectivity index (χ2v) is 17.5. The third-order valence-electron chi connectivity index (χ3n) is 13.4. The molecule has 0 spiro atoms. The Bertz CT molecular complexity index is 2360. The van der Waals surface area contributed by atoms with Crippen molar-refractivity contribution in [1.29, 1.82) is 0 Å². The third kappa shape index (κ3) is 12.3. The summed E-state index contributed by atoms with van der Waals surface area (Å²) in [6.45, 7) is 8.00. The van der Waals surface area contributed by atoms with Crippen molar-refractivity contribution in [1.82, 2.24) is 25.3 Å². The molecule has 3 fully saturated rings. The molecule has 3 N–H and O–H groups in total. The summed E-state index contributed by atoms with van der Waals surface area (Å²) in [4.78, 5) is 70.8. The molecule has 0 radical (unpaired) electrons. The Balaban J connectivity index is 0.832. The van der Waals surface area contributed by atoms with Gasteiger partial charge in [-0.1, -0.05) is 54.3 Å². The lowest BCUT2D eigenvalue weighted by Crippen LogP contribution is -2.49. The Labute approximate surface area is 382 Å². The van der Waals surface area contributed by atoms with Gasteiger partial charge in [0, 0.05) is 107 Å². The molecule has 13 heteroatoms. The number of carbonyl (C=O) groups excluding carboxylic acids is 5. The molecule has 0 saturated carbocycles. The highest BCUT2D eigenvalue weighted by molar-refractivity contribution is 5.91. The molecule has 4 amide bonds. The van der Waals surface area contributed by atoms with Crippen molar-refractivity contribution in [2.75, 3.05) is 69.6 Å². The number of nitrogens with zero attached hydrogens (tertiary/aromatic N) is 4. The number of piperazine rings is 1. The van der Waals surface area contributed by atoms with Gasteiger partial charge in [0.15, 0.2) is 0 Å². The van der Waals surface area contributed by atoms with Gasteiger partial charge in [-0.15, -0.1) is 0 Å². The topological polar surface area (TPSA) is 134 Å². The van der Waals surface area contributed by atoms with E-state index in [1.165, 1.54) is 23.1 Å². The van der Waals surface area contributed by atoms with Gasteiger partial charge in [0.2, 0.25) is 23.6 Å². The first-order chi connectivity index (χ1) is 31.6.